The summed E-state index contributed by atoms with van der Waals surface area (Å²) >= 11 is 5.58. The van der Waals surface area contributed by atoms with Gasteiger partial charge in [0, 0.05) is 11.6 Å². The SMILES string of the molecule is Nc1oncc1-c1cc(Cl)c(F)cc1O. The van der Waals surface area contributed by atoms with Gasteiger partial charge in [-0.1, -0.05) is 16.8 Å². The molecule has 0 aliphatic carbocycles. The number of nitrogens with zero attached hydrogens (tertiary/aromatic N) is 1. The lowest BCUT2D eigenvalue weighted by atomic mass is 10.1. The minimum Gasteiger partial charge on any atom is -0.507 e. The van der Waals surface area contributed by atoms with Crippen LogP contribution in [0.5, 0.6) is 5.75 Å². The van der Waals surface area contributed by atoms with Crippen LogP contribution in [-0.4, -0.2) is 10.3 Å². The predicted molar refractivity (Wildman–Crippen MR) is 53.0 cm³/mol. The number of phenols is 1. The van der Waals surface area contributed by atoms with Gasteiger partial charge in [0.15, 0.2) is 0 Å². The van der Waals surface area contributed by atoms with Gasteiger partial charge in [0.05, 0.1) is 16.8 Å². The Morgan fingerprint density at radius 1 is 1.40 bits per heavy atom. The normalized spacial score (nSPS) is 10.5. The van der Waals surface area contributed by atoms with E-state index in [0.717, 1.165) is 6.07 Å². The Kier molecular flexibility index (Phi) is 2.24. The second-order valence-electron chi connectivity index (χ2n) is 2.89. The van der Waals surface area contributed by atoms with Gasteiger partial charge in [-0.2, -0.15) is 0 Å². The fourth-order valence-corrected chi connectivity index (χ4v) is 1.37. The van der Waals surface area contributed by atoms with Crippen molar-refractivity contribution in [3.63, 3.8) is 0 Å². The molecule has 0 amide bonds. The summed E-state index contributed by atoms with van der Waals surface area (Å²) in [6.07, 6.45) is 1.32. The van der Waals surface area contributed by atoms with E-state index >= 15 is 0 Å². The Hall–Kier alpha value is -1.75. The molecule has 2 rings (SSSR count). The van der Waals surface area contributed by atoms with Crippen molar-refractivity contribution in [3.05, 3.63) is 29.2 Å². The van der Waals surface area contributed by atoms with E-state index in [1.165, 1.54) is 12.3 Å². The Morgan fingerprint density at radius 2 is 2.13 bits per heavy atom. The van der Waals surface area contributed by atoms with Gasteiger partial charge in [-0.05, 0) is 6.07 Å². The quantitative estimate of drug-likeness (QED) is 0.786. The molecule has 4 nitrogen and oxygen atoms in total. The van der Waals surface area contributed by atoms with Gasteiger partial charge in [0.2, 0.25) is 5.88 Å². The summed E-state index contributed by atoms with van der Waals surface area (Å²) < 4.78 is 17.6. The molecule has 1 heterocycles. The molecule has 15 heavy (non-hydrogen) atoms. The first-order valence-corrected chi connectivity index (χ1v) is 4.36. The molecule has 0 aliphatic rings. The molecule has 0 aliphatic heterocycles. The molecule has 6 heteroatoms. The van der Waals surface area contributed by atoms with E-state index in [2.05, 4.69) is 9.68 Å². The average Bonchev–Trinajstić information content (AvgIpc) is 2.58. The van der Waals surface area contributed by atoms with Gasteiger partial charge in [0.25, 0.3) is 0 Å². The van der Waals surface area contributed by atoms with Crippen molar-refractivity contribution in [1.82, 2.24) is 5.16 Å². The van der Waals surface area contributed by atoms with Crippen molar-refractivity contribution in [1.29, 1.82) is 0 Å². The summed E-state index contributed by atoms with van der Waals surface area (Å²) in [6, 6.07) is 2.17. The number of halogens is 2. The summed E-state index contributed by atoms with van der Waals surface area (Å²) in [5.41, 5.74) is 6.10. The topological polar surface area (TPSA) is 72.3 Å². The molecule has 0 fully saturated rings. The number of rotatable bonds is 1. The summed E-state index contributed by atoms with van der Waals surface area (Å²) in [5.74, 6) is -0.937. The molecule has 0 saturated carbocycles. The maximum Gasteiger partial charge on any atom is 0.230 e. The van der Waals surface area contributed by atoms with Crippen LogP contribution in [0.4, 0.5) is 10.3 Å². The number of benzene rings is 1. The number of aromatic hydroxyl groups is 1. The first-order chi connectivity index (χ1) is 7.09. The standard InChI is InChI=1S/C9H6ClFN2O2/c10-6-1-4(8(14)2-7(6)11)5-3-13-15-9(5)12/h1-3,14H,12H2. The molecule has 0 saturated heterocycles. The van der Waals surface area contributed by atoms with Gasteiger partial charge in [-0.25, -0.2) is 4.39 Å². The largest absolute Gasteiger partial charge is 0.507 e. The van der Waals surface area contributed by atoms with Crippen molar-refractivity contribution in [2.45, 2.75) is 0 Å². The number of anilines is 1. The van der Waals surface area contributed by atoms with E-state index in [9.17, 15) is 9.50 Å². The van der Waals surface area contributed by atoms with Crippen LogP contribution >= 0.6 is 11.6 Å². The van der Waals surface area contributed by atoms with Crippen LogP contribution in [-0.2, 0) is 0 Å². The lowest BCUT2D eigenvalue weighted by Gasteiger charge is -2.03. The molecule has 0 radical (unpaired) electrons. The molecule has 3 N–H and O–H groups in total. The highest BCUT2D eigenvalue weighted by molar-refractivity contribution is 6.31. The van der Waals surface area contributed by atoms with Crippen molar-refractivity contribution >= 4 is 17.5 Å². The third kappa shape index (κ3) is 1.61. The molecule has 0 bridgehead atoms. The Bertz CT molecular complexity index is 513. The number of aromatic nitrogens is 1. The van der Waals surface area contributed by atoms with Crippen molar-refractivity contribution in [3.8, 4) is 16.9 Å². The maximum absolute atomic E-state index is 12.9. The number of phenolic OH excluding ortho intramolecular Hbond substituents is 1. The van der Waals surface area contributed by atoms with Crippen LogP contribution in [0, 0.1) is 5.82 Å². The number of nitrogens with two attached hydrogens (primary N) is 1. The van der Waals surface area contributed by atoms with Crippen molar-refractivity contribution in [2.24, 2.45) is 0 Å². The molecule has 0 spiro atoms. The zero-order valence-electron chi connectivity index (χ0n) is 7.37. The number of hydrogen-bond donors (Lipinski definition) is 2. The molecule has 1 aromatic heterocycles. The highest BCUT2D eigenvalue weighted by Crippen LogP contribution is 2.36. The van der Waals surface area contributed by atoms with Crippen LogP contribution in [0.1, 0.15) is 0 Å². The van der Waals surface area contributed by atoms with Gasteiger partial charge < -0.3 is 15.4 Å². The average molecular weight is 229 g/mol. The van der Waals surface area contributed by atoms with Crippen molar-refractivity contribution < 1.29 is 14.0 Å². The van der Waals surface area contributed by atoms with Crippen LogP contribution < -0.4 is 5.73 Å². The number of nitrogen functional groups attached to an aromatic ring is 1. The van der Waals surface area contributed by atoms with E-state index < -0.39 is 5.82 Å². The van der Waals surface area contributed by atoms with Gasteiger partial charge in [-0.15, -0.1) is 0 Å². The zero-order valence-corrected chi connectivity index (χ0v) is 8.12. The summed E-state index contributed by atoms with van der Waals surface area (Å²) in [4.78, 5) is 0. The second-order valence-corrected chi connectivity index (χ2v) is 3.29. The minimum absolute atomic E-state index is 0.0352. The Balaban J connectivity index is 2.64. The Labute approximate surface area is 89.1 Å². The molecule has 2 aromatic rings. The monoisotopic (exact) mass is 228 g/mol. The molecule has 78 valence electrons. The van der Waals surface area contributed by atoms with E-state index in [1.54, 1.807) is 0 Å². The molecular weight excluding hydrogens is 223 g/mol. The van der Waals surface area contributed by atoms with E-state index in [1.807, 2.05) is 0 Å². The van der Waals surface area contributed by atoms with Gasteiger partial charge >= 0.3 is 0 Å². The van der Waals surface area contributed by atoms with Gasteiger partial charge in [0.1, 0.15) is 11.6 Å². The highest BCUT2D eigenvalue weighted by atomic mass is 35.5. The minimum atomic E-state index is -0.701. The molecule has 0 atom stereocenters. The van der Waals surface area contributed by atoms with Crippen molar-refractivity contribution in [2.75, 3.05) is 5.73 Å². The number of hydrogen-bond acceptors (Lipinski definition) is 4. The van der Waals surface area contributed by atoms with Crippen LogP contribution in [0.15, 0.2) is 22.9 Å². The first-order valence-electron chi connectivity index (χ1n) is 3.98. The fraction of sp³-hybridized carbons (Fsp3) is 0. The predicted octanol–water partition coefficient (Wildman–Crippen LogP) is 2.42. The molecular formula is C9H6ClFN2O2. The van der Waals surface area contributed by atoms with Crippen LogP contribution in [0.2, 0.25) is 5.02 Å². The smallest absolute Gasteiger partial charge is 0.230 e. The maximum atomic E-state index is 12.9. The second kappa shape index (κ2) is 3.43. The molecule has 1 aromatic carbocycles. The zero-order chi connectivity index (χ0) is 11.0. The van der Waals surface area contributed by atoms with E-state index in [-0.39, 0.29) is 22.2 Å². The van der Waals surface area contributed by atoms with Crippen LogP contribution in [0.25, 0.3) is 11.1 Å². The van der Waals surface area contributed by atoms with E-state index in [4.69, 9.17) is 17.3 Å². The highest BCUT2D eigenvalue weighted by Gasteiger charge is 2.14. The first kappa shape index (κ1) is 9.79. The fourth-order valence-electron chi connectivity index (χ4n) is 1.20. The van der Waals surface area contributed by atoms with Gasteiger partial charge in [-0.3, -0.25) is 0 Å². The van der Waals surface area contributed by atoms with Crippen LogP contribution in [0.3, 0.4) is 0 Å². The Morgan fingerprint density at radius 3 is 2.73 bits per heavy atom. The molecule has 0 unspecified atom stereocenters. The lowest BCUT2D eigenvalue weighted by molar-refractivity contribution is 0.436. The summed E-state index contributed by atoms with van der Waals surface area (Å²) in [7, 11) is 0. The third-order valence-corrected chi connectivity index (χ3v) is 2.22. The lowest BCUT2D eigenvalue weighted by Crippen LogP contribution is -1.87. The summed E-state index contributed by atoms with van der Waals surface area (Å²) in [6.45, 7) is 0. The third-order valence-electron chi connectivity index (χ3n) is 1.93. The van der Waals surface area contributed by atoms with E-state index in [0.29, 0.717) is 5.56 Å². The summed E-state index contributed by atoms with van der Waals surface area (Å²) in [5, 5.41) is 12.8.